The van der Waals surface area contributed by atoms with E-state index in [2.05, 4.69) is 0 Å². The monoisotopic (exact) mass is 271 g/mol. The van der Waals surface area contributed by atoms with E-state index in [9.17, 15) is 4.79 Å². The van der Waals surface area contributed by atoms with Crippen LogP contribution in [0, 0.1) is 6.92 Å². The van der Waals surface area contributed by atoms with Gasteiger partial charge in [-0.25, -0.2) is 4.79 Å². The maximum absolute atomic E-state index is 12.1. The van der Waals surface area contributed by atoms with Crippen molar-refractivity contribution in [1.82, 2.24) is 0 Å². The summed E-state index contributed by atoms with van der Waals surface area (Å²) in [5.41, 5.74) is 8.38. The predicted molar refractivity (Wildman–Crippen MR) is 77.7 cm³/mol. The maximum atomic E-state index is 12.1. The predicted octanol–water partition coefficient (Wildman–Crippen LogP) is 2.94. The highest BCUT2D eigenvalue weighted by Gasteiger charge is 2.13. The molecule has 0 bridgehead atoms. The molecule has 0 saturated heterocycles. The number of nitrogen functional groups attached to an aromatic ring is 1. The Labute approximate surface area is 118 Å². The van der Waals surface area contributed by atoms with Crippen molar-refractivity contribution >= 4 is 11.7 Å². The van der Waals surface area contributed by atoms with Gasteiger partial charge >= 0.3 is 5.97 Å². The third-order valence-corrected chi connectivity index (χ3v) is 3.04. The fourth-order valence-corrected chi connectivity index (χ4v) is 1.91. The van der Waals surface area contributed by atoms with Crippen LogP contribution in [0.1, 0.15) is 21.5 Å². The second-order valence-electron chi connectivity index (χ2n) is 4.46. The van der Waals surface area contributed by atoms with E-state index in [0.29, 0.717) is 11.3 Å². The molecule has 0 aliphatic rings. The normalized spacial score (nSPS) is 10.1. The number of carbonyl (C=O) groups excluding carboxylic acids is 1. The minimum Gasteiger partial charge on any atom is -0.497 e. The Kier molecular flexibility index (Phi) is 4.25. The number of anilines is 1. The molecule has 20 heavy (non-hydrogen) atoms. The Morgan fingerprint density at radius 3 is 2.45 bits per heavy atom. The van der Waals surface area contributed by atoms with Gasteiger partial charge in [0, 0.05) is 5.69 Å². The van der Waals surface area contributed by atoms with Gasteiger partial charge in [-0.2, -0.15) is 0 Å². The molecule has 2 N–H and O–H groups in total. The van der Waals surface area contributed by atoms with Crippen LogP contribution in [0.3, 0.4) is 0 Å². The molecule has 0 amide bonds. The quantitative estimate of drug-likeness (QED) is 0.686. The molecular weight excluding hydrogens is 254 g/mol. The summed E-state index contributed by atoms with van der Waals surface area (Å²) < 4.78 is 10.4. The van der Waals surface area contributed by atoms with Gasteiger partial charge in [-0.15, -0.1) is 0 Å². The van der Waals surface area contributed by atoms with Crippen LogP contribution in [0.5, 0.6) is 5.75 Å². The van der Waals surface area contributed by atoms with Gasteiger partial charge in [0.25, 0.3) is 0 Å². The highest BCUT2D eigenvalue weighted by Crippen LogP contribution is 2.18. The Morgan fingerprint density at radius 1 is 1.15 bits per heavy atom. The average molecular weight is 271 g/mol. The average Bonchev–Trinajstić information content (AvgIpc) is 2.45. The summed E-state index contributed by atoms with van der Waals surface area (Å²) in [5, 5.41) is 0. The fraction of sp³-hybridized carbons (Fsp3) is 0.188. The summed E-state index contributed by atoms with van der Waals surface area (Å²) in [7, 11) is 1.61. The van der Waals surface area contributed by atoms with E-state index in [1.807, 2.05) is 43.3 Å². The lowest BCUT2D eigenvalue weighted by atomic mass is 10.1. The summed E-state index contributed by atoms with van der Waals surface area (Å²) in [6.07, 6.45) is 0. The Bertz CT molecular complexity index is 585. The highest BCUT2D eigenvalue weighted by atomic mass is 16.5. The van der Waals surface area contributed by atoms with Crippen LogP contribution in [0.2, 0.25) is 0 Å². The highest BCUT2D eigenvalue weighted by molar-refractivity contribution is 5.96. The second kappa shape index (κ2) is 6.10. The van der Waals surface area contributed by atoms with Crippen LogP contribution in [0.25, 0.3) is 0 Å². The van der Waals surface area contributed by atoms with E-state index in [-0.39, 0.29) is 6.61 Å². The van der Waals surface area contributed by atoms with Crippen LogP contribution in [0.15, 0.2) is 42.5 Å². The number of ether oxygens (including phenoxy) is 2. The van der Waals surface area contributed by atoms with Crippen LogP contribution in [0.4, 0.5) is 5.69 Å². The molecule has 0 aliphatic carbocycles. The van der Waals surface area contributed by atoms with E-state index >= 15 is 0 Å². The van der Waals surface area contributed by atoms with Gasteiger partial charge in [-0.1, -0.05) is 24.3 Å². The van der Waals surface area contributed by atoms with Crippen LogP contribution in [-0.4, -0.2) is 13.1 Å². The van der Waals surface area contributed by atoms with Gasteiger partial charge in [0.05, 0.1) is 12.7 Å². The summed E-state index contributed by atoms with van der Waals surface area (Å²) >= 11 is 0. The van der Waals surface area contributed by atoms with Gasteiger partial charge in [0.15, 0.2) is 0 Å². The lowest BCUT2D eigenvalue weighted by Crippen LogP contribution is -2.10. The topological polar surface area (TPSA) is 61.5 Å². The zero-order chi connectivity index (χ0) is 14.5. The Balaban J connectivity index is 2.05. The van der Waals surface area contributed by atoms with Gasteiger partial charge in [0.1, 0.15) is 12.4 Å². The molecule has 0 fully saturated rings. The zero-order valence-corrected chi connectivity index (χ0v) is 11.6. The first-order chi connectivity index (χ1) is 9.61. The fourth-order valence-electron chi connectivity index (χ4n) is 1.91. The summed E-state index contributed by atoms with van der Waals surface area (Å²) in [6.45, 7) is 2.04. The Hall–Kier alpha value is -2.49. The van der Waals surface area contributed by atoms with Crippen LogP contribution >= 0.6 is 0 Å². The molecule has 2 aromatic carbocycles. The van der Waals surface area contributed by atoms with E-state index in [0.717, 1.165) is 16.9 Å². The smallest absolute Gasteiger partial charge is 0.340 e. The lowest BCUT2D eigenvalue weighted by Gasteiger charge is -2.09. The van der Waals surface area contributed by atoms with Crippen molar-refractivity contribution < 1.29 is 14.3 Å². The minimum absolute atomic E-state index is 0.205. The van der Waals surface area contributed by atoms with Crippen molar-refractivity contribution in [2.45, 2.75) is 13.5 Å². The molecule has 0 unspecified atom stereocenters. The number of nitrogens with two attached hydrogens (primary N) is 1. The molecule has 0 aromatic heterocycles. The minimum atomic E-state index is -0.406. The largest absolute Gasteiger partial charge is 0.497 e. The number of carbonyl (C=O) groups is 1. The SMILES string of the molecule is COc1ccc(COC(=O)c2c(C)cccc2N)cc1. The number of benzene rings is 2. The van der Waals surface area contributed by atoms with Crippen molar-refractivity contribution in [2.75, 3.05) is 12.8 Å². The van der Waals surface area contributed by atoms with Crippen molar-refractivity contribution in [3.8, 4) is 5.75 Å². The van der Waals surface area contributed by atoms with Gasteiger partial charge < -0.3 is 15.2 Å². The third-order valence-electron chi connectivity index (χ3n) is 3.04. The van der Waals surface area contributed by atoms with E-state index in [1.54, 1.807) is 13.2 Å². The lowest BCUT2D eigenvalue weighted by molar-refractivity contribution is 0.0473. The molecular formula is C16H17NO3. The number of methoxy groups -OCH3 is 1. The molecule has 0 heterocycles. The number of hydrogen-bond donors (Lipinski definition) is 1. The van der Waals surface area contributed by atoms with E-state index in [1.165, 1.54) is 0 Å². The first-order valence-corrected chi connectivity index (χ1v) is 6.27. The van der Waals surface area contributed by atoms with Gasteiger partial charge in [-0.05, 0) is 36.2 Å². The first kappa shape index (κ1) is 13.9. The van der Waals surface area contributed by atoms with Crippen LogP contribution in [-0.2, 0) is 11.3 Å². The molecule has 0 radical (unpaired) electrons. The third kappa shape index (κ3) is 3.09. The molecule has 0 spiro atoms. The van der Waals surface area contributed by atoms with Crippen molar-refractivity contribution in [1.29, 1.82) is 0 Å². The molecule has 104 valence electrons. The molecule has 4 heteroatoms. The summed E-state index contributed by atoms with van der Waals surface area (Å²) in [6, 6.07) is 12.7. The summed E-state index contributed by atoms with van der Waals surface area (Å²) in [4.78, 5) is 12.1. The molecule has 0 atom stereocenters. The van der Waals surface area contributed by atoms with E-state index in [4.69, 9.17) is 15.2 Å². The number of esters is 1. The zero-order valence-electron chi connectivity index (χ0n) is 11.6. The maximum Gasteiger partial charge on any atom is 0.340 e. The first-order valence-electron chi connectivity index (χ1n) is 6.27. The molecule has 4 nitrogen and oxygen atoms in total. The Morgan fingerprint density at radius 2 is 1.85 bits per heavy atom. The number of rotatable bonds is 4. The van der Waals surface area contributed by atoms with Crippen molar-refractivity contribution in [2.24, 2.45) is 0 Å². The number of hydrogen-bond acceptors (Lipinski definition) is 4. The van der Waals surface area contributed by atoms with Crippen molar-refractivity contribution in [3.05, 3.63) is 59.2 Å². The second-order valence-corrected chi connectivity index (χ2v) is 4.46. The van der Waals surface area contributed by atoms with Gasteiger partial charge in [0.2, 0.25) is 0 Å². The summed E-state index contributed by atoms with van der Waals surface area (Å²) in [5.74, 6) is 0.361. The standard InChI is InChI=1S/C16H17NO3/c1-11-4-3-5-14(17)15(11)16(18)20-10-12-6-8-13(19-2)9-7-12/h3-9H,10,17H2,1-2H3. The number of aryl methyl sites for hydroxylation is 1. The molecule has 2 aromatic rings. The van der Waals surface area contributed by atoms with Crippen LogP contribution < -0.4 is 10.5 Å². The molecule has 0 aliphatic heterocycles. The van der Waals surface area contributed by atoms with Gasteiger partial charge in [-0.3, -0.25) is 0 Å². The van der Waals surface area contributed by atoms with E-state index < -0.39 is 5.97 Å². The molecule has 0 saturated carbocycles. The molecule has 2 rings (SSSR count). The van der Waals surface area contributed by atoms with Crippen molar-refractivity contribution in [3.63, 3.8) is 0 Å².